The van der Waals surface area contributed by atoms with Crippen molar-refractivity contribution < 1.29 is 31.5 Å². The predicted octanol–water partition coefficient (Wildman–Crippen LogP) is 5.74. The second-order valence-corrected chi connectivity index (χ2v) is 13.5. The number of halogens is 2. The summed E-state index contributed by atoms with van der Waals surface area (Å²) in [5.74, 6) is -2.43. The molecule has 11 nitrogen and oxygen atoms in total. The normalized spacial score (nSPS) is 15.7. The molecule has 7 rings (SSSR count). The molecule has 4 N–H and O–H groups in total. The van der Waals surface area contributed by atoms with E-state index in [0.717, 1.165) is 35.9 Å². The number of anilines is 2. The zero-order valence-corrected chi connectivity index (χ0v) is 25.5. The summed E-state index contributed by atoms with van der Waals surface area (Å²) in [5.41, 5.74) is 9.83. The van der Waals surface area contributed by atoms with Crippen LogP contribution in [0.5, 0.6) is 11.6 Å². The number of rotatable bonds is 9. The lowest BCUT2D eigenvalue weighted by Crippen LogP contribution is -2.33. The van der Waals surface area contributed by atoms with Crippen molar-refractivity contribution in [3.8, 4) is 17.3 Å². The lowest BCUT2D eigenvalue weighted by Gasteiger charge is -2.23. The molecule has 238 valence electrons. The first kappa shape index (κ1) is 29.9. The van der Waals surface area contributed by atoms with E-state index < -0.39 is 38.4 Å². The van der Waals surface area contributed by atoms with Crippen molar-refractivity contribution >= 4 is 38.2 Å². The minimum Gasteiger partial charge on any atom is -0.433 e. The maximum absolute atomic E-state index is 14.0. The van der Waals surface area contributed by atoms with E-state index in [-0.39, 0.29) is 28.9 Å². The van der Waals surface area contributed by atoms with Crippen molar-refractivity contribution in [3.63, 3.8) is 0 Å². The molecule has 2 fully saturated rings. The fourth-order valence-electron chi connectivity index (χ4n) is 5.72. The van der Waals surface area contributed by atoms with Crippen molar-refractivity contribution in [2.24, 2.45) is 0 Å². The number of nitrogens with zero attached hydrogens (tertiary/aromatic N) is 3. The first-order valence-corrected chi connectivity index (χ1v) is 16.4. The highest BCUT2D eigenvalue weighted by molar-refractivity contribution is 7.93. The van der Waals surface area contributed by atoms with Gasteiger partial charge in [0.15, 0.2) is 11.6 Å². The molecule has 5 aromatic rings. The van der Waals surface area contributed by atoms with Crippen LogP contribution in [0.4, 0.5) is 20.3 Å². The monoisotopic (exact) mass is 648 g/mol. The van der Waals surface area contributed by atoms with Gasteiger partial charge in [-0.05, 0) is 80.0 Å². The second-order valence-electron chi connectivity index (χ2n) is 11.6. The van der Waals surface area contributed by atoms with Gasteiger partial charge in [0.1, 0.15) is 5.82 Å². The Bertz CT molecular complexity index is 2080. The van der Waals surface area contributed by atoms with Crippen LogP contribution >= 0.6 is 0 Å². The van der Waals surface area contributed by atoms with Crippen molar-refractivity contribution in [2.75, 3.05) is 23.7 Å². The van der Waals surface area contributed by atoms with Crippen LogP contribution in [-0.4, -0.2) is 52.4 Å². The van der Waals surface area contributed by atoms with Crippen molar-refractivity contribution in [3.05, 3.63) is 88.9 Å². The zero-order valence-electron chi connectivity index (χ0n) is 24.7. The van der Waals surface area contributed by atoms with E-state index in [1.807, 2.05) is 6.07 Å². The Morgan fingerprint density at radius 3 is 2.52 bits per heavy atom. The number of ketones is 1. The molecule has 2 aromatic carbocycles. The number of carbonyl (C=O) groups is 1. The van der Waals surface area contributed by atoms with Crippen LogP contribution in [0.25, 0.3) is 16.6 Å². The molecule has 0 unspecified atom stereocenters. The summed E-state index contributed by atoms with van der Waals surface area (Å²) in [6.07, 6.45) is 5.54. The molecule has 46 heavy (non-hydrogen) atoms. The van der Waals surface area contributed by atoms with Gasteiger partial charge in [0.25, 0.3) is 0 Å². The number of para-hydroxylation sites is 1. The van der Waals surface area contributed by atoms with E-state index in [1.165, 1.54) is 29.2 Å². The molecule has 1 aliphatic carbocycles. The number of aromatic nitrogens is 4. The van der Waals surface area contributed by atoms with Crippen LogP contribution in [-0.2, 0) is 14.8 Å². The number of fused-ring (bicyclic) bond motifs is 1. The van der Waals surface area contributed by atoms with Gasteiger partial charge in [0.05, 0.1) is 40.3 Å². The minimum atomic E-state index is -3.63. The summed E-state index contributed by atoms with van der Waals surface area (Å²) in [7, 11) is -3.63. The van der Waals surface area contributed by atoms with Crippen LogP contribution in [0.15, 0.2) is 54.9 Å². The number of hydrogen-bond acceptors (Lipinski definition) is 8. The number of hydrogen-bond donors (Lipinski definition) is 3. The Kier molecular flexibility index (Phi) is 7.48. The van der Waals surface area contributed by atoms with Gasteiger partial charge in [0, 0.05) is 30.2 Å². The molecule has 14 heteroatoms. The molecule has 4 heterocycles. The number of sulfonamides is 1. The topological polar surface area (TPSA) is 154 Å². The molecule has 0 bridgehead atoms. The lowest BCUT2D eigenvalue weighted by atomic mass is 10.1. The van der Waals surface area contributed by atoms with E-state index in [2.05, 4.69) is 19.8 Å². The smallest absolute Gasteiger partial charge is 0.235 e. The van der Waals surface area contributed by atoms with Gasteiger partial charge >= 0.3 is 0 Å². The summed E-state index contributed by atoms with van der Waals surface area (Å²) in [4.78, 5) is 20.9. The van der Waals surface area contributed by atoms with Crippen molar-refractivity contribution in [1.82, 2.24) is 19.7 Å². The molecule has 3 aromatic heterocycles. The number of pyridine rings is 1. The molecule has 0 spiro atoms. The van der Waals surface area contributed by atoms with Crippen LogP contribution in [0.2, 0.25) is 0 Å². The summed E-state index contributed by atoms with van der Waals surface area (Å²) in [6, 6.07) is 10.3. The maximum Gasteiger partial charge on any atom is 0.235 e. The third-order valence-corrected chi connectivity index (χ3v) is 10.2. The van der Waals surface area contributed by atoms with Crippen molar-refractivity contribution in [2.45, 2.75) is 43.8 Å². The zero-order chi connectivity index (χ0) is 32.2. The Morgan fingerprint density at radius 1 is 1.09 bits per heavy atom. The molecular weight excluding hydrogens is 618 g/mol. The summed E-state index contributed by atoms with van der Waals surface area (Å²) in [5, 5.41) is 4.55. The second kappa shape index (κ2) is 11.5. The van der Waals surface area contributed by atoms with Gasteiger partial charge in [-0.15, -0.1) is 0 Å². The molecule has 0 radical (unpaired) electrons. The first-order valence-electron chi connectivity index (χ1n) is 14.8. The summed E-state index contributed by atoms with van der Waals surface area (Å²) < 4.78 is 69.3. The molecule has 0 amide bonds. The Labute approximate surface area is 262 Å². The summed E-state index contributed by atoms with van der Waals surface area (Å²) in [6.45, 7) is 2.54. The number of aromatic amines is 1. The highest BCUT2D eigenvalue weighted by atomic mass is 32.2. The maximum atomic E-state index is 14.0. The molecule has 1 saturated carbocycles. The predicted molar refractivity (Wildman–Crippen MR) is 167 cm³/mol. The number of nitrogens with two attached hydrogens (primary N) is 1. The van der Waals surface area contributed by atoms with E-state index in [9.17, 15) is 22.0 Å². The van der Waals surface area contributed by atoms with Crippen LogP contribution in [0.1, 0.15) is 58.8 Å². The number of carbonyl (C=O) groups excluding carboxylic acids is 1. The number of H-pyrrole nitrogens is 1. The van der Waals surface area contributed by atoms with Crippen molar-refractivity contribution in [1.29, 1.82) is 0 Å². The quantitative estimate of drug-likeness (QED) is 0.171. The van der Waals surface area contributed by atoms with E-state index in [4.69, 9.17) is 15.2 Å². The Balaban J connectivity index is 1.15. The van der Waals surface area contributed by atoms with E-state index in [0.29, 0.717) is 48.5 Å². The highest BCUT2D eigenvalue weighted by Crippen LogP contribution is 2.45. The highest BCUT2D eigenvalue weighted by Gasteiger charge is 2.32. The van der Waals surface area contributed by atoms with Gasteiger partial charge in [-0.1, -0.05) is 6.07 Å². The molecular formula is C32H30F2N6O5S. The molecule has 0 atom stereocenters. The number of nitrogens with one attached hydrogen (secondary N) is 2. The Hall–Kier alpha value is -4.82. The Morgan fingerprint density at radius 2 is 1.83 bits per heavy atom. The number of aryl methyl sites for hydroxylation is 1. The van der Waals surface area contributed by atoms with E-state index >= 15 is 0 Å². The van der Waals surface area contributed by atoms with E-state index in [1.54, 1.807) is 19.1 Å². The van der Waals surface area contributed by atoms with Gasteiger partial charge in [-0.2, -0.15) is 5.10 Å². The third kappa shape index (κ3) is 5.58. The fraction of sp³-hybridized carbons (Fsp3) is 0.281. The van der Waals surface area contributed by atoms with Gasteiger partial charge in [-0.3, -0.25) is 9.52 Å². The van der Waals surface area contributed by atoms with Crippen LogP contribution in [0, 0.1) is 18.6 Å². The lowest BCUT2D eigenvalue weighted by molar-refractivity contribution is 0.0984. The largest absolute Gasteiger partial charge is 0.433 e. The standard InChI is InChI=1S/C32H30F2N6O5S/c1-17-11-29(45-31-23(33)3-2-4-24(31)34)36-16-28(17)40-32(35)22(15-37-40)30(41)27-13-19-12-21(18-5-6-18)26(14-25(19)38-27)39-46(42,43)20-7-9-44-10-8-20/h2-4,11-16,18,20,38-39H,5-10,35H2,1H3. The number of nitrogen functional groups attached to an aromatic ring is 1. The molecule has 1 aliphatic heterocycles. The van der Waals surface area contributed by atoms with Crippen LogP contribution < -0.4 is 15.2 Å². The average molecular weight is 649 g/mol. The molecule has 2 aliphatic rings. The summed E-state index contributed by atoms with van der Waals surface area (Å²) >= 11 is 0. The van der Waals surface area contributed by atoms with Gasteiger partial charge in [0.2, 0.25) is 27.4 Å². The van der Waals surface area contributed by atoms with Gasteiger partial charge in [-0.25, -0.2) is 26.9 Å². The number of benzene rings is 2. The SMILES string of the molecule is Cc1cc(Oc2c(F)cccc2F)ncc1-n1ncc(C(=O)c2cc3cc(C4CC4)c(NS(=O)(=O)C4CCOCC4)cc3[nH]2)c1N. The fourth-order valence-corrected chi connectivity index (χ4v) is 7.18. The number of ether oxygens (including phenoxy) is 2. The van der Waals surface area contributed by atoms with Crippen LogP contribution in [0.3, 0.4) is 0 Å². The third-order valence-electron chi connectivity index (χ3n) is 8.37. The molecule has 1 saturated heterocycles. The first-order chi connectivity index (χ1) is 22.1. The average Bonchev–Trinajstić information content (AvgIpc) is 3.69. The minimum absolute atomic E-state index is 0.0367. The van der Waals surface area contributed by atoms with Gasteiger partial charge < -0.3 is 20.2 Å².